The minimum Gasteiger partial charge on any atom is -0.497 e. The lowest BCUT2D eigenvalue weighted by Crippen LogP contribution is -2.10. The number of carbonyl (C=O) groups is 1. The first-order valence-electron chi connectivity index (χ1n) is 7.90. The largest absolute Gasteiger partial charge is 0.497 e. The summed E-state index contributed by atoms with van der Waals surface area (Å²) in [5, 5.41) is 14.0. The Morgan fingerprint density at radius 3 is 2.30 bits per heavy atom. The zero-order valence-corrected chi connectivity index (χ0v) is 14.6. The van der Waals surface area contributed by atoms with Crippen LogP contribution in [0, 0.1) is 10.1 Å². The summed E-state index contributed by atoms with van der Waals surface area (Å²) in [4.78, 5) is 23.1. The quantitative estimate of drug-likeness (QED) is 0.518. The lowest BCUT2D eigenvalue weighted by Gasteiger charge is -2.05. The molecule has 1 aromatic heterocycles. The number of carbonyl (C=O) groups excluding carboxylic acids is 1. The Kier molecular flexibility index (Phi) is 5.07. The lowest BCUT2D eigenvalue weighted by molar-refractivity contribution is -0.384. The van der Waals surface area contributed by atoms with Crippen molar-refractivity contribution in [2.75, 3.05) is 19.5 Å². The molecule has 8 nitrogen and oxygen atoms in total. The van der Waals surface area contributed by atoms with Crippen molar-refractivity contribution in [3.63, 3.8) is 0 Å². The molecule has 3 rings (SSSR count). The normalized spacial score (nSPS) is 10.3. The maximum Gasteiger partial charge on any atom is 0.291 e. The van der Waals surface area contributed by atoms with Gasteiger partial charge in [0.1, 0.15) is 17.3 Å². The van der Waals surface area contributed by atoms with Crippen LogP contribution in [0.3, 0.4) is 0 Å². The van der Waals surface area contributed by atoms with E-state index in [1.165, 1.54) is 31.4 Å². The lowest BCUT2D eigenvalue weighted by atomic mass is 10.1. The zero-order valence-electron chi connectivity index (χ0n) is 14.6. The molecule has 0 fully saturated rings. The molecule has 1 N–H and O–H groups in total. The summed E-state index contributed by atoms with van der Waals surface area (Å²) in [5.41, 5.74) is 0.643. The molecule has 0 atom stereocenters. The van der Waals surface area contributed by atoms with Crippen molar-refractivity contribution in [1.82, 2.24) is 0 Å². The van der Waals surface area contributed by atoms with Gasteiger partial charge in [0, 0.05) is 5.69 Å². The van der Waals surface area contributed by atoms with Crippen LogP contribution in [-0.2, 0) is 0 Å². The van der Waals surface area contributed by atoms with Crippen LogP contribution in [0.4, 0.5) is 11.4 Å². The van der Waals surface area contributed by atoms with Gasteiger partial charge in [0.2, 0.25) is 0 Å². The van der Waals surface area contributed by atoms with Crippen molar-refractivity contribution in [3.05, 3.63) is 70.5 Å². The van der Waals surface area contributed by atoms with Gasteiger partial charge in [0.15, 0.2) is 5.76 Å². The Morgan fingerprint density at radius 2 is 1.67 bits per heavy atom. The number of benzene rings is 2. The van der Waals surface area contributed by atoms with Gasteiger partial charge >= 0.3 is 0 Å². The third-order valence-corrected chi connectivity index (χ3v) is 3.84. The summed E-state index contributed by atoms with van der Waals surface area (Å²) in [7, 11) is 2.98. The molecule has 2 aromatic carbocycles. The SMILES string of the molecule is COc1ccc(NC(=O)c2ccc(-c3ccc(OC)cc3[N+](=O)[O-])o2)cc1. The second kappa shape index (κ2) is 7.61. The third kappa shape index (κ3) is 3.90. The number of furan rings is 1. The molecule has 0 aliphatic carbocycles. The molecule has 3 aromatic rings. The van der Waals surface area contributed by atoms with Crippen LogP contribution in [0.2, 0.25) is 0 Å². The molecule has 0 radical (unpaired) electrons. The van der Waals surface area contributed by atoms with Gasteiger partial charge in [-0.3, -0.25) is 14.9 Å². The van der Waals surface area contributed by atoms with Crippen LogP contribution in [0.15, 0.2) is 59.0 Å². The minimum absolute atomic E-state index is 0.0333. The van der Waals surface area contributed by atoms with E-state index >= 15 is 0 Å². The van der Waals surface area contributed by atoms with Crippen LogP contribution < -0.4 is 14.8 Å². The first-order valence-corrected chi connectivity index (χ1v) is 7.90. The predicted octanol–water partition coefficient (Wildman–Crippen LogP) is 4.12. The van der Waals surface area contributed by atoms with Crippen molar-refractivity contribution in [2.45, 2.75) is 0 Å². The predicted molar refractivity (Wildman–Crippen MR) is 98.3 cm³/mol. The van der Waals surface area contributed by atoms with Crippen LogP contribution in [0.1, 0.15) is 10.6 Å². The van der Waals surface area contributed by atoms with Gasteiger partial charge in [-0.2, -0.15) is 0 Å². The molecule has 0 saturated heterocycles. The Balaban J connectivity index is 1.83. The maximum atomic E-state index is 12.3. The molecular weight excluding hydrogens is 352 g/mol. The second-order valence-corrected chi connectivity index (χ2v) is 5.49. The molecule has 0 bridgehead atoms. The van der Waals surface area contributed by atoms with Gasteiger partial charge in [-0.25, -0.2) is 0 Å². The zero-order chi connectivity index (χ0) is 19.4. The molecular formula is C19H16N2O6. The number of nitrogens with one attached hydrogen (secondary N) is 1. The summed E-state index contributed by atoms with van der Waals surface area (Å²) >= 11 is 0. The number of amides is 1. The molecule has 0 spiro atoms. The minimum atomic E-state index is -0.530. The third-order valence-electron chi connectivity index (χ3n) is 3.84. The van der Waals surface area contributed by atoms with Crippen LogP contribution in [-0.4, -0.2) is 25.1 Å². The van der Waals surface area contributed by atoms with Gasteiger partial charge < -0.3 is 19.2 Å². The fourth-order valence-corrected chi connectivity index (χ4v) is 2.47. The Hall–Kier alpha value is -3.81. The maximum absolute atomic E-state index is 12.3. The highest BCUT2D eigenvalue weighted by Crippen LogP contribution is 2.34. The molecule has 0 unspecified atom stereocenters. The van der Waals surface area contributed by atoms with Crippen LogP contribution >= 0.6 is 0 Å². The smallest absolute Gasteiger partial charge is 0.291 e. The average molecular weight is 368 g/mol. The molecule has 138 valence electrons. The molecule has 0 saturated carbocycles. The monoisotopic (exact) mass is 368 g/mol. The van der Waals surface area contributed by atoms with Gasteiger partial charge in [0.05, 0.1) is 30.8 Å². The van der Waals surface area contributed by atoms with Crippen LogP contribution in [0.5, 0.6) is 11.5 Å². The van der Waals surface area contributed by atoms with E-state index < -0.39 is 10.8 Å². The van der Waals surface area contributed by atoms with E-state index in [4.69, 9.17) is 13.9 Å². The highest BCUT2D eigenvalue weighted by Gasteiger charge is 2.21. The van der Waals surface area contributed by atoms with Crippen molar-refractivity contribution < 1.29 is 23.6 Å². The van der Waals surface area contributed by atoms with Crippen molar-refractivity contribution >= 4 is 17.3 Å². The number of anilines is 1. The second-order valence-electron chi connectivity index (χ2n) is 5.49. The first kappa shape index (κ1) is 18.0. The van der Waals surface area contributed by atoms with Gasteiger partial charge in [-0.1, -0.05) is 0 Å². The van der Waals surface area contributed by atoms with E-state index in [1.54, 1.807) is 37.4 Å². The van der Waals surface area contributed by atoms with E-state index in [0.29, 0.717) is 17.2 Å². The van der Waals surface area contributed by atoms with Crippen molar-refractivity contribution in [1.29, 1.82) is 0 Å². The Bertz CT molecular complexity index is 978. The first-order chi connectivity index (χ1) is 13.0. The standard InChI is InChI=1S/C19H16N2O6/c1-25-13-5-3-12(4-6-13)20-19(22)18-10-9-17(27-18)15-8-7-14(26-2)11-16(15)21(23)24/h3-11H,1-2H3,(H,20,22). The summed E-state index contributed by atoms with van der Waals surface area (Å²) in [5.74, 6) is 0.798. The van der Waals surface area contributed by atoms with Crippen molar-refractivity contribution in [3.8, 4) is 22.8 Å². The summed E-state index contributed by atoms with van der Waals surface area (Å²) in [6.07, 6.45) is 0. The van der Waals surface area contributed by atoms with Gasteiger partial charge in [-0.05, 0) is 48.5 Å². The fraction of sp³-hybridized carbons (Fsp3) is 0.105. The number of rotatable bonds is 6. The molecule has 27 heavy (non-hydrogen) atoms. The molecule has 0 aliphatic heterocycles. The number of hydrogen-bond acceptors (Lipinski definition) is 6. The number of methoxy groups -OCH3 is 2. The number of nitrogens with zero attached hydrogens (tertiary/aromatic N) is 1. The number of ether oxygens (including phenoxy) is 2. The summed E-state index contributed by atoms with van der Waals surface area (Å²) in [6.45, 7) is 0. The van der Waals surface area contributed by atoms with Crippen molar-refractivity contribution in [2.24, 2.45) is 0 Å². The Labute approximate surface area is 154 Å². The van der Waals surface area contributed by atoms with E-state index in [0.717, 1.165) is 0 Å². The summed E-state index contributed by atoms with van der Waals surface area (Å²) in [6, 6.07) is 14.2. The summed E-state index contributed by atoms with van der Waals surface area (Å²) < 4.78 is 15.6. The van der Waals surface area contributed by atoms with Gasteiger partial charge in [-0.15, -0.1) is 0 Å². The number of nitro benzene ring substituents is 1. The number of hydrogen-bond donors (Lipinski definition) is 1. The fourth-order valence-electron chi connectivity index (χ4n) is 2.47. The number of nitro groups is 1. The van der Waals surface area contributed by atoms with E-state index in [1.807, 2.05) is 0 Å². The Morgan fingerprint density at radius 1 is 1.00 bits per heavy atom. The molecule has 8 heteroatoms. The van der Waals surface area contributed by atoms with Gasteiger partial charge in [0.25, 0.3) is 11.6 Å². The van der Waals surface area contributed by atoms with Crippen LogP contribution in [0.25, 0.3) is 11.3 Å². The highest BCUT2D eigenvalue weighted by atomic mass is 16.6. The average Bonchev–Trinajstić information content (AvgIpc) is 3.18. The van der Waals surface area contributed by atoms with E-state index in [2.05, 4.69) is 5.32 Å². The van der Waals surface area contributed by atoms with E-state index in [-0.39, 0.29) is 22.8 Å². The topological polar surface area (TPSA) is 104 Å². The molecule has 1 heterocycles. The van der Waals surface area contributed by atoms with E-state index in [9.17, 15) is 14.9 Å². The molecule has 1 amide bonds. The molecule has 0 aliphatic rings. The highest BCUT2D eigenvalue weighted by molar-refractivity contribution is 6.02.